The Kier molecular flexibility index (Phi) is 7.61. The summed E-state index contributed by atoms with van der Waals surface area (Å²) in [5, 5.41) is 3.53. The first-order valence-electron chi connectivity index (χ1n) is 15.5. The monoisotopic (exact) mass is 582 g/mol. The predicted molar refractivity (Wildman–Crippen MR) is 160 cm³/mol. The van der Waals surface area contributed by atoms with Crippen LogP contribution in [0, 0.1) is 5.92 Å². The Morgan fingerprint density at radius 2 is 1.91 bits per heavy atom. The van der Waals surface area contributed by atoms with E-state index < -0.39 is 11.9 Å². The van der Waals surface area contributed by atoms with Crippen LogP contribution in [0.5, 0.6) is 5.75 Å². The molecule has 1 saturated carbocycles. The maximum absolute atomic E-state index is 13.0. The van der Waals surface area contributed by atoms with Crippen LogP contribution in [0.15, 0.2) is 48.5 Å². The van der Waals surface area contributed by atoms with Gasteiger partial charge in [-0.2, -0.15) is 0 Å². The number of nitrogens with one attached hydrogen (secondary N) is 1. The lowest BCUT2D eigenvalue weighted by atomic mass is 9.92. The molecule has 0 radical (unpaired) electrons. The van der Waals surface area contributed by atoms with Crippen LogP contribution < -0.4 is 10.1 Å². The number of hydrogen-bond donors (Lipinski definition) is 1. The van der Waals surface area contributed by atoms with Gasteiger partial charge in [-0.3, -0.25) is 29.6 Å². The molecule has 3 amide bonds. The minimum atomic E-state index is -0.612. The number of likely N-dealkylation sites (tertiary alicyclic amines) is 1. The van der Waals surface area contributed by atoms with Crippen molar-refractivity contribution in [1.82, 2.24) is 20.1 Å². The van der Waals surface area contributed by atoms with E-state index in [2.05, 4.69) is 40.5 Å². The van der Waals surface area contributed by atoms with E-state index in [1.165, 1.54) is 35.9 Å². The summed E-state index contributed by atoms with van der Waals surface area (Å²) in [6.45, 7) is 3.79. The summed E-state index contributed by atoms with van der Waals surface area (Å²) in [6, 6.07) is 16.0. The van der Waals surface area contributed by atoms with Crippen molar-refractivity contribution in [2.75, 3.05) is 26.8 Å². The van der Waals surface area contributed by atoms with Gasteiger partial charge in [-0.25, -0.2) is 0 Å². The van der Waals surface area contributed by atoms with Crippen molar-refractivity contribution in [2.45, 2.75) is 69.7 Å². The van der Waals surface area contributed by atoms with Gasteiger partial charge in [0.25, 0.3) is 5.91 Å². The molecular formula is C34H38N4O5. The molecule has 1 N–H and O–H groups in total. The molecule has 4 heterocycles. The standard InChI is InChI=1S/C34H38N4O5/c1-42-20-23-3-2-4-27(23)30-10-6-22-15-21(5-9-29(22)35-30)17-37-14-13-26(19-37)43-25-7-8-28-24(16-25)18-38(34(28)41)31-11-12-32(39)36-33(31)40/h5-10,15-16,23,26-27,31H,2-4,11-14,17-20H2,1H3,(H,36,39,40)/t23-,26+,27+,31?/m1/s1. The number of imide groups is 1. The van der Waals surface area contributed by atoms with Gasteiger partial charge < -0.3 is 14.4 Å². The smallest absolute Gasteiger partial charge is 0.255 e. The van der Waals surface area contributed by atoms with Gasteiger partial charge in [-0.15, -0.1) is 0 Å². The third-order valence-electron chi connectivity index (χ3n) is 9.63. The molecule has 3 aliphatic heterocycles. The van der Waals surface area contributed by atoms with E-state index in [0.717, 1.165) is 49.5 Å². The SMILES string of the molecule is COC[C@H]1CCC[C@@H]1c1ccc2cc(CN3CC[C@H](Oc4ccc5c(c4)CN(C4CCC(=O)NC4=O)C5=O)C3)ccc2n1. The summed E-state index contributed by atoms with van der Waals surface area (Å²) in [5.41, 5.74) is 4.97. The highest BCUT2D eigenvalue weighted by atomic mass is 16.5. The quantitative estimate of drug-likeness (QED) is 0.398. The second-order valence-electron chi connectivity index (χ2n) is 12.5. The summed E-state index contributed by atoms with van der Waals surface area (Å²) in [5.74, 6) is 0.943. The van der Waals surface area contributed by atoms with E-state index in [4.69, 9.17) is 14.5 Å². The Hall–Kier alpha value is -3.82. The summed E-state index contributed by atoms with van der Waals surface area (Å²) in [6.07, 6.45) is 5.25. The lowest BCUT2D eigenvalue weighted by molar-refractivity contribution is -0.136. The van der Waals surface area contributed by atoms with E-state index in [9.17, 15) is 14.4 Å². The molecule has 7 rings (SSSR count). The molecule has 0 spiro atoms. The van der Waals surface area contributed by atoms with Crippen molar-refractivity contribution < 1.29 is 23.9 Å². The van der Waals surface area contributed by atoms with Crippen LogP contribution >= 0.6 is 0 Å². The molecule has 4 atom stereocenters. The number of nitrogens with zero attached hydrogens (tertiary/aromatic N) is 3. The van der Waals surface area contributed by atoms with Crippen molar-refractivity contribution >= 4 is 28.6 Å². The number of aromatic nitrogens is 1. The number of benzene rings is 2. The Balaban J connectivity index is 0.957. The summed E-state index contributed by atoms with van der Waals surface area (Å²) >= 11 is 0. The maximum Gasteiger partial charge on any atom is 0.255 e. The van der Waals surface area contributed by atoms with E-state index in [-0.39, 0.29) is 24.3 Å². The van der Waals surface area contributed by atoms with Gasteiger partial charge in [0.05, 0.1) is 5.52 Å². The fourth-order valence-corrected chi connectivity index (χ4v) is 7.45. The fraction of sp³-hybridized carbons (Fsp3) is 0.471. The van der Waals surface area contributed by atoms with Gasteiger partial charge in [0.1, 0.15) is 17.9 Å². The number of fused-ring (bicyclic) bond motifs is 2. The van der Waals surface area contributed by atoms with E-state index in [1.807, 2.05) is 12.1 Å². The van der Waals surface area contributed by atoms with Crippen molar-refractivity contribution in [3.8, 4) is 5.75 Å². The Bertz CT molecular complexity index is 1570. The fourth-order valence-electron chi connectivity index (χ4n) is 7.45. The normalized spacial score (nSPS) is 25.9. The van der Waals surface area contributed by atoms with E-state index in [0.29, 0.717) is 30.4 Å². The number of piperidine rings is 1. The highest BCUT2D eigenvalue weighted by Gasteiger charge is 2.39. The highest BCUT2D eigenvalue weighted by molar-refractivity contribution is 6.05. The molecule has 3 fully saturated rings. The lowest BCUT2D eigenvalue weighted by Gasteiger charge is -2.29. The van der Waals surface area contributed by atoms with Gasteiger partial charge in [0, 0.05) is 68.9 Å². The summed E-state index contributed by atoms with van der Waals surface area (Å²) < 4.78 is 11.8. The predicted octanol–water partition coefficient (Wildman–Crippen LogP) is 4.18. The minimum Gasteiger partial charge on any atom is -0.489 e. The first-order valence-corrected chi connectivity index (χ1v) is 15.5. The maximum atomic E-state index is 13.0. The van der Waals surface area contributed by atoms with Crippen LogP contribution in [0.25, 0.3) is 10.9 Å². The van der Waals surface area contributed by atoms with Crippen LogP contribution in [0.2, 0.25) is 0 Å². The number of carbonyl (C=O) groups excluding carboxylic acids is 3. The molecule has 0 bridgehead atoms. The van der Waals surface area contributed by atoms with E-state index in [1.54, 1.807) is 18.1 Å². The molecule has 43 heavy (non-hydrogen) atoms. The second kappa shape index (κ2) is 11.7. The average molecular weight is 583 g/mol. The van der Waals surface area contributed by atoms with Crippen LogP contribution in [-0.4, -0.2) is 71.5 Å². The molecule has 2 aromatic carbocycles. The van der Waals surface area contributed by atoms with Crippen molar-refractivity contribution in [3.05, 3.63) is 70.9 Å². The molecule has 9 heteroatoms. The van der Waals surface area contributed by atoms with Crippen LogP contribution in [-0.2, 0) is 27.4 Å². The molecule has 224 valence electrons. The Morgan fingerprint density at radius 1 is 1.00 bits per heavy atom. The molecule has 4 aliphatic rings. The van der Waals surface area contributed by atoms with Gasteiger partial charge in [-0.1, -0.05) is 18.6 Å². The van der Waals surface area contributed by atoms with Crippen molar-refractivity contribution in [3.63, 3.8) is 0 Å². The zero-order valence-corrected chi connectivity index (χ0v) is 24.6. The van der Waals surface area contributed by atoms with Crippen molar-refractivity contribution in [1.29, 1.82) is 0 Å². The molecule has 1 aliphatic carbocycles. The highest BCUT2D eigenvalue weighted by Crippen LogP contribution is 2.39. The summed E-state index contributed by atoms with van der Waals surface area (Å²) in [7, 11) is 1.79. The zero-order valence-electron chi connectivity index (χ0n) is 24.6. The lowest BCUT2D eigenvalue weighted by Crippen LogP contribution is -2.52. The number of hydrogen-bond acceptors (Lipinski definition) is 7. The summed E-state index contributed by atoms with van der Waals surface area (Å²) in [4.78, 5) is 45.9. The number of amides is 3. The molecule has 9 nitrogen and oxygen atoms in total. The number of rotatable bonds is 8. The van der Waals surface area contributed by atoms with Crippen LogP contribution in [0.4, 0.5) is 0 Å². The third kappa shape index (κ3) is 5.63. The molecule has 3 aromatic rings. The Labute approximate surface area is 251 Å². The van der Waals surface area contributed by atoms with Gasteiger partial charge in [0.2, 0.25) is 11.8 Å². The molecule has 1 aromatic heterocycles. The second-order valence-corrected chi connectivity index (χ2v) is 12.5. The Morgan fingerprint density at radius 3 is 2.77 bits per heavy atom. The first-order chi connectivity index (χ1) is 20.9. The van der Waals surface area contributed by atoms with Crippen molar-refractivity contribution in [2.24, 2.45) is 5.92 Å². The average Bonchev–Trinajstić information content (AvgIpc) is 3.72. The van der Waals surface area contributed by atoms with Gasteiger partial charge in [0.15, 0.2) is 0 Å². The number of pyridine rings is 1. The van der Waals surface area contributed by atoms with Gasteiger partial charge >= 0.3 is 0 Å². The van der Waals surface area contributed by atoms with E-state index >= 15 is 0 Å². The first kappa shape index (κ1) is 28.0. The number of carbonyl (C=O) groups is 3. The zero-order chi connectivity index (χ0) is 29.5. The van der Waals surface area contributed by atoms with Gasteiger partial charge in [-0.05, 0) is 79.1 Å². The molecule has 1 unspecified atom stereocenters. The number of ether oxygens (including phenoxy) is 2. The topological polar surface area (TPSA) is 101 Å². The number of methoxy groups -OCH3 is 1. The van der Waals surface area contributed by atoms with Crippen LogP contribution in [0.3, 0.4) is 0 Å². The third-order valence-corrected chi connectivity index (χ3v) is 9.63. The molecular weight excluding hydrogens is 544 g/mol. The van der Waals surface area contributed by atoms with Crippen LogP contribution in [0.1, 0.15) is 71.6 Å². The molecule has 2 saturated heterocycles. The minimum absolute atomic E-state index is 0.0672. The largest absolute Gasteiger partial charge is 0.489 e.